The molecule has 0 aliphatic carbocycles. The van der Waals surface area contributed by atoms with Gasteiger partial charge in [-0.25, -0.2) is 0 Å². The molecule has 0 aromatic carbocycles. The highest BCUT2D eigenvalue weighted by atomic mass is 16.5. The van der Waals surface area contributed by atoms with Gasteiger partial charge in [0.2, 0.25) is 0 Å². The van der Waals surface area contributed by atoms with Gasteiger partial charge < -0.3 is 10.2 Å². The summed E-state index contributed by atoms with van der Waals surface area (Å²) < 4.78 is 19.6. The van der Waals surface area contributed by atoms with Crippen LogP contribution in [0, 0.1) is 5.92 Å². The maximum Gasteiger partial charge on any atom is 0.317 e. The Morgan fingerprint density at radius 1 is 1.50 bits per heavy atom. The van der Waals surface area contributed by atoms with Crippen molar-refractivity contribution < 1.29 is 23.9 Å². The topological polar surface area (TPSA) is 74.6 Å². The molecule has 0 rings (SSSR count). The number of carboxylic acid groups (broad SMARTS) is 2. The Labute approximate surface area is 50.0 Å². The van der Waals surface area contributed by atoms with Crippen LogP contribution in [0.1, 0.15) is 11.0 Å². The lowest BCUT2D eigenvalue weighted by atomic mass is 11.2. The third-order valence-electron chi connectivity index (χ3n) is 0.494. The molecular weight excluding hydrogens is 116 g/mol. The number of carboxylic acids is 2. The second kappa shape index (κ2) is 2.30. The highest BCUT2D eigenvalue weighted by Crippen LogP contribution is 1.91. The van der Waals surface area contributed by atoms with E-state index < -0.39 is 24.7 Å². The van der Waals surface area contributed by atoms with Crippen molar-refractivity contribution in [2.45, 2.75) is 6.85 Å². The Hall–Kier alpha value is -1.06. The molecule has 8 heavy (non-hydrogen) atoms. The number of hydrogen-bond donors (Lipinski definition) is 2. The lowest BCUT2D eigenvalue weighted by Gasteiger charge is -1.94. The number of aliphatic carboxylic acids is 2. The van der Waals surface area contributed by atoms with Crippen molar-refractivity contribution in [3.63, 3.8) is 0 Å². The SMILES string of the molecule is [2H][13C]([2H])([2H])[13CH]([13C](=O)O)[13C](=O)O. The molecule has 46 valence electrons. The van der Waals surface area contributed by atoms with Gasteiger partial charge in [0.05, 0.1) is 0 Å². The van der Waals surface area contributed by atoms with Gasteiger partial charge in [-0.05, 0) is 6.85 Å². The summed E-state index contributed by atoms with van der Waals surface area (Å²) >= 11 is 0. The molecule has 4 nitrogen and oxygen atoms in total. The second-order valence-corrected chi connectivity index (χ2v) is 1.11. The third-order valence-corrected chi connectivity index (χ3v) is 0.494. The summed E-state index contributed by atoms with van der Waals surface area (Å²) in [6.07, 6.45) is 0. The molecular formula is C4H6O4. The molecule has 0 saturated carbocycles. The molecule has 0 spiro atoms. The van der Waals surface area contributed by atoms with Gasteiger partial charge in [-0.2, -0.15) is 0 Å². The molecule has 0 bridgehead atoms. The van der Waals surface area contributed by atoms with E-state index in [1.807, 2.05) is 0 Å². The monoisotopic (exact) mass is 125 g/mol. The van der Waals surface area contributed by atoms with E-state index in [1.54, 1.807) is 0 Å². The van der Waals surface area contributed by atoms with Crippen LogP contribution in [-0.2, 0) is 9.59 Å². The van der Waals surface area contributed by atoms with Crippen molar-refractivity contribution in [1.82, 2.24) is 0 Å². The van der Waals surface area contributed by atoms with E-state index in [4.69, 9.17) is 14.3 Å². The zero-order valence-corrected chi connectivity index (χ0v) is 3.79. The Kier molecular flexibility index (Phi) is 0.881. The van der Waals surface area contributed by atoms with Gasteiger partial charge in [0, 0.05) is 4.11 Å². The largest absolute Gasteiger partial charge is 0.481 e. The van der Waals surface area contributed by atoms with Crippen molar-refractivity contribution in [3.05, 3.63) is 0 Å². The van der Waals surface area contributed by atoms with E-state index in [1.165, 1.54) is 0 Å². The first-order valence-electron chi connectivity index (χ1n) is 3.22. The van der Waals surface area contributed by atoms with Crippen molar-refractivity contribution >= 4 is 11.9 Å². The predicted molar refractivity (Wildman–Crippen MR) is 24.4 cm³/mol. The van der Waals surface area contributed by atoms with Crippen LogP contribution < -0.4 is 0 Å². The average Bonchev–Trinajstić information content (AvgIpc) is 1.54. The molecule has 2 N–H and O–H groups in total. The van der Waals surface area contributed by atoms with Gasteiger partial charge in [-0.15, -0.1) is 0 Å². The van der Waals surface area contributed by atoms with Crippen molar-refractivity contribution in [1.29, 1.82) is 0 Å². The standard InChI is InChI=1S/C4H6O4/c1-2(3(5)6)4(7)8/h2H,1H3,(H,5,6)(H,7,8)/i1+1D3,2+1,3+1,4+1. The van der Waals surface area contributed by atoms with Crippen LogP contribution in [0.2, 0.25) is 0 Å². The summed E-state index contributed by atoms with van der Waals surface area (Å²) in [5, 5.41) is 16.3. The Bertz CT molecular complexity index is 170. The van der Waals surface area contributed by atoms with E-state index >= 15 is 0 Å². The first-order valence-corrected chi connectivity index (χ1v) is 1.72. The molecule has 0 aromatic rings. The van der Waals surface area contributed by atoms with Crippen molar-refractivity contribution in [3.8, 4) is 0 Å². The highest BCUT2D eigenvalue weighted by molar-refractivity contribution is 5.92. The van der Waals surface area contributed by atoms with Gasteiger partial charge in [-0.1, -0.05) is 0 Å². The first kappa shape index (κ1) is 3.06. The predicted octanol–water partition coefficient (Wildman–Crippen LogP) is -0.208. The average molecular weight is 125 g/mol. The maximum atomic E-state index is 10.0. The molecule has 4 heteroatoms. The molecule has 0 saturated heterocycles. The minimum absolute atomic E-state index is 1.85. The third kappa shape index (κ3) is 1.59. The van der Waals surface area contributed by atoms with E-state index in [0.717, 1.165) is 0 Å². The van der Waals surface area contributed by atoms with Gasteiger partial charge in [0.15, 0.2) is 5.92 Å². The first-order chi connectivity index (χ1) is 4.76. The minimum atomic E-state index is -2.99. The Balaban J connectivity index is 4.63. The highest BCUT2D eigenvalue weighted by Gasteiger charge is 2.18. The lowest BCUT2D eigenvalue weighted by Crippen LogP contribution is -2.19. The lowest BCUT2D eigenvalue weighted by molar-refractivity contribution is -0.153. The van der Waals surface area contributed by atoms with Crippen molar-refractivity contribution in [2.24, 2.45) is 5.92 Å². The van der Waals surface area contributed by atoms with Gasteiger partial charge in [0.25, 0.3) is 0 Å². The normalized spacial score (nSPS) is 16.4. The zero-order chi connectivity index (χ0) is 9.23. The Morgan fingerprint density at radius 2 is 1.88 bits per heavy atom. The molecule has 0 aromatic heterocycles. The maximum absolute atomic E-state index is 10.0. The summed E-state index contributed by atoms with van der Waals surface area (Å²) in [6.45, 7) is -2.99. The molecule has 0 aliphatic rings. The Morgan fingerprint density at radius 3 is 1.88 bits per heavy atom. The fourth-order valence-electron chi connectivity index (χ4n) is 0.106. The van der Waals surface area contributed by atoms with Gasteiger partial charge >= 0.3 is 11.9 Å². The number of hydrogen-bond acceptors (Lipinski definition) is 2. The van der Waals surface area contributed by atoms with Crippen LogP contribution in [-0.4, -0.2) is 22.2 Å². The number of rotatable bonds is 2. The summed E-state index contributed by atoms with van der Waals surface area (Å²) in [6, 6.07) is 0. The van der Waals surface area contributed by atoms with Gasteiger partial charge in [-0.3, -0.25) is 9.59 Å². The molecule has 0 amide bonds. The summed E-state index contributed by atoms with van der Waals surface area (Å²) in [4.78, 5) is 20.1. The minimum Gasteiger partial charge on any atom is -0.481 e. The summed E-state index contributed by atoms with van der Waals surface area (Å²) in [5.41, 5.74) is 0. The molecule has 0 aliphatic heterocycles. The van der Waals surface area contributed by atoms with Crippen molar-refractivity contribution in [2.75, 3.05) is 0 Å². The van der Waals surface area contributed by atoms with Gasteiger partial charge in [0.1, 0.15) is 0 Å². The second-order valence-electron chi connectivity index (χ2n) is 1.11. The molecule has 0 atom stereocenters. The zero-order valence-electron chi connectivity index (χ0n) is 6.79. The smallest absolute Gasteiger partial charge is 0.317 e. The van der Waals surface area contributed by atoms with E-state index in [9.17, 15) is 9.59 Å². The van der Waals surface area contributed by atoms with Crippen LogP contribution in [0.4, 0.5) is 0 Å². The van der Waals surface area contributed by atoms with Crippen LogP contribution in [0.25, 0.3) is 0 Å². The fourth-order valence-corrected chi connectivity index (χ4v) is 0.106. The van der Waals surface area contributed by atoms with E-state index in [0.29, 0.717) is 0 Å². The molecule has 0 fully saturated rings. The van der Waals surface area contributed by atoms with E-state index in [-0.39, 0.29) is 0 Å². The van der Waals surface area contributed by atoms with Crippen LogP contribution in [0.3, 0.4) is 0 Å². The van der Waals surface area contributed by atoms with Crippen LogP contribution in [0.5, 0.6) is 0 Å². The molecule has 0 heterocycles. The molecule has 0 radical (unpaired) electrons. The van der Waals surface area contributed by atoms with Crippen LogP contribution in [0.15, 0.2) is 0 Å². The van der Waals surface area contributed by atoms with E-state index in [2.05, 4.69) is 0 Å². The fraction of sp³-hybridized carbons (Fsp3) is 0.500. The summed E-state index contributed by atoms with van der Waals surface area (Å²) in [7, 11) is 0. The van der Waals surface area contributed by atoms with Crippen LogP contribution >= 0.6 is 0 Å². The quantitative estimate of drug-likeness (QED) is 0.395. The molecule has 0 unspecified atom stereocenters. The summed E-state index contributed by atoms with van der Waals surface area (Å²) in [5.74, 6) is -6.03. The number of carbonyl (C=O) groups is 2.